The summed E-state index contributed by atoms with van der Waals surface area (Å²) in [5.41, 5.74) is 3.65. The van der Waals surface area contributed by atoms with Gasteiger partial charge < -0.3 is 0 Å². The van der Waals surface area contributed by atoms with Crippen molar-refractivity contribution in [3.63, 3.8) is 0 Å². The van der Waals surface area contributed by atoms with Crippen molar-refractivity contribution in [2.75, 3.05) is 0 Å². The van der Waals surface area contributed by atoms with Crippen molar-refractivity contribution in [2.24, 2.45) is 0 Å². The molecule has 5 rings (SSSR count). The summed E-state index contributed by atoms with van der Waals surface area (Å²) in [7, 11) is 0. The Bertz CT molecular complexity index is 1410. The average Bonchev–Trinajstić information content (AvgIpc) is 3.08. The molecule has 0 unspecified atom stereocenters. The van der Waals surface area contributed by atoms with Crippen molar-refractivity contribution in [3.8, 4) is 11.3 Å². The van der Waals surface area contributed by atoms with E-state index in [1.54, 1.807) is 4.40 Å². The topological polar surface area (TPSA) is 12.9 Å². The predicted octanol–water partition coefficient (Wildman–Crippen LogP) is 7.94. The third kappa shape index (κ3) is 3.36. The van der Waals surface area contributed by atoms with Crippen molar-refractivity contribution in [1.29, 1.82) is 0 Å². The van der Waals surface area contributed by atoms with Crippen molar-refractivity contribution in [2.45, 2.75) is 37.0 Å². The number of thiophene rings is 1. The van der Waals surface area contributed by atoms with Crippen LogP contribution in [0.5, 0.6) is 0 Å². The Morgan fingerprint density at radius 3 is 2.43 bits per heavy atom. The van der Waals surface area contributed by atoms with Crippen molar-refractivity contribution in [1.82, 2.24) is 4.98 Å². The molecular formula is C27H27GeNS. The third-order valence-corrected chi connectivity index (χ3v) is 11.5. The molecule has 30 heavy (non-hydrogen) atoms. The molecule has 3 heteroatoms. The monoisotopic (exact) mass is 471 g/mol. The maximum absolute atomic E-state index is 4.72. The summed E-state index contributed by atoms with van der Waals surface area (Å²) < 4.78 is 4.27. The molecule has 0 saturated carbocycles. The van der Waals surface area contributed by atoms with Crippen LogP contribution in [0.1, 0.15) is 25.3 Å². The number of pyridine rings is 1. The summed E-state index contributed by atoms with van der Waals surface area (Å²) in [5.74, 6) is 7.89. The minimum atomic E-state index is -1.84. The van der Waals surface area contributed by atoms with Gasteiger partial charge in [0.15, 0.2) is 0 Å². The van der Waals surface area contributed by atoms with Gasteiger partial charge in [-0.2, -0.15) is 0 Å². The molecular weight excluding hydrogens is 443 g/mol. The van der Waals surface area contributed by atoms with Crippen LogP contribution in [0.25, 0.3) is 42.2 Å². The third-order valence-electron chi connectivity index (χ3n) is 6.05. The van der Waals surface area contributed by atoms with Crippen LogP contribution in [0.4, 0.5) is 0 Å². The van der Waals surface area contributed by atoms with E-state index < -0.39 is 13.3 Å². The Morgan fingerprint density at radius 2 is 1.67 bits per heavy atom. The quantitative estimate of drug-likeness (QED) is 0.244. The number of fused-ring (bicyclic) bond motifs is 4. The molecule has 0 fully saturated rings. The second-order valence-electron chi connectivity index (χ2n) is 9.57. The fraction of sp³-hybridized carbons (Fsp3) is 0.222. The molecule has 0 aliphatic heterocycles. The molecule has 0 aliphatic carbocycles. The zero-order valence-corrected chi connectivity index (χ0v) is 21.2. The number of nitrogens with zero attached hydrogens (tertiary/aromatic N) is 1. The fourth-order valence-corrected chi connectivity index (χ4v) is 7.88. The van der Waals surface area contributed by atoms with Crippen molar-refractivity contribution in [3.05, 3.63) is 72.4 Å². The molecule has 150 valence electrons. The second kappa shape index (κ2) is 7.21. The molecule has 0 aliphatic rings. The number of hydrogen-bond donors (Lipinski definition) is 0. The maximum atomic E-state index is 4.72. The summed E-state index contributed by atoms with van der Waals surface area (Å²) in [6, 6.07) is 22.9. The molecule has 5 aromatic rings. The van der Waals surface area contributed by atoms with Crippen LogP contribution in [0.15, 0.2) is 66.9 Å². The standard InChI is InChI=1S/C27H27GeNS/c1-17(2)18-11-12-29-25(15-18)23-8-6-7-22-24-14-19-9-10-21(28(3,4)5)13-20(19)16-26(24)30-27(22)23/h6-17H,1-5H3. The van der Waals surface area contributed by atoms with Gasteiger partial charge in [-0.05, 0) is 0 Å². The molecule has 0 spiro atoms. The summed E-state index contributed by atoms with van der Waals surface area (Å²) >= 11 is 0.0607. The number of aromatic nitrogens is 1. The molecule has 0 radical (unpaired) electrons. The van der Waals surface area contributed by atoms with E-state index in [0.717, 1.165) is 5.69 Å². The van der Waals surface area contributed by atoms with Gasteiger partial charge in [0.05, 0.1) is 0 Å². The molecule has 1 nitrogen and oxygen atoms in total. The van der Waals surface area contributed by atoms with Gasteiger partial charge in [-0.15, -0.1) is 0 Å². The van der Waals surface area contributed by atoms with Crippen molar-refractivity contribution < 1.29 is 0 Å². The van der Waals surface area contributed by atoms with Crippen molar-refractivity contribution >= 4 is 59.9 Å². The SMILES string of the molecule is CC(C)c1ccnc(-c2cccc3c2sc2cc4c[c]([Ge]([CH3])([CH3])[CH3])ccc4cc23)c1. The van der Waals surface area contributed by atoms with E-state index in [-0.39, 0.29) is 0 Å². The first kappa shape index (κ1) is 19.8. The number of hydrogen-bond acceptors (Lipinski definition) is 2. The van der Waals surface area contributed by atoms with E-state index in [2.05, 4.69) is 91.8 Å². The van der Waals surface area contributed by atoms with Crippen LogP contribution in [-0.4, -0.2) is 18.3 Å². The summed E-state index contributed by atoms with van der Waals surface area (Å²) in [6.07, 6.45) is 1.95. The Balaban J connectivity index is 1.75. The van der Waals surface area contributed by atoms with E-state index >= 15 is 0 Å². The summed E-state index contributed by atoms with van der Waals surface area (Å²) in [5, 5.41) is 5.40. The van der Waals surface area contributed by atoms with Gasteiger partial charge in [-0.3, -0.25) is 0 Å². The van der Waals surface area contributed by atoms with Gasteiger partial charge in [0.1, 0.15) is 0 Å². The van der Waals surface area contributed by atoms with E-state index in [0.29, 0.717) is 5.92 Å². The van der Waals surface area contributed by atoms with E-state index in [4.69, 9.17) is 4.98 Å². The van der Waals surface area contributed by atoms with Crippen LogP contribution in [0.3, 0.4) is 0 Å². The minimum absolute atomic E-state index is 0.500. The first-order valence-corrected chi connectivity index (χ1v) is 18.8. The van der Waals surface area contributed by atoms with E-state index in [1.165, 1.54) is 42.1 Å². The Hall–Kier alpha value is -2.17. The van der Waals surface area contributed by atoms with Crippen LogP contribution < -0.4 is 4.40 Å². The van der Waals surface area contributed by atoms with Gasteiger partial charge in [0.25, 0.3) is 0 Å². The van der Waals surface area contributed by atoms with Gasteiger partial charge >= 0.3 is 172 Å². The van der Waals surface area contributed by atoms with E-state index in [9.17, 15) is 0 Å². The molecule has 0 atom stereocenters. The van der Waals surface area contributed by atoms with Crippen LogP contribution >= 0.6 is 11.3 Å². The molecule has 0 N–H and O–H groups in total. The van der Waals surface area contributed by atoms with Gasteiger partial charge in [0.2, 0.25) is 0 Å². The van der Waals surface area contributed by atoms with Crippen LogP contribution in [0, 0.1) is 0 Å². The number of benzene rings is 3. The van der Waals surface area contributed by atoms with Crippen LogP contribution in [0.2, 0.25) is 17.3 Å². The summed E-state index contributed by atoms with van der Waals surface area (Å²) in [6.45, 7) is 4.47. The normalized spacial score (nSPS) is 12.5. The van der Waals surface area contributed by atoms with Gasteiger partial charge in [0, 0.05) is 0 Å². The fourth-order valence-electron chi connectivity index (χ4n) is 4.16. The second-order valence-corrected chi connectivity index (χ2v) is 21.3. The molecule has 2 aromatic heterocycles. The first-order chi connectivity index (χ1) is 14.3. The summed E-state index contributed by atoms with van der Waals surface area (Å²) in [4.78, 5) is 4.72. The Kier molecular flexibility index (Phi) is 4.75. The van der Waals surface area contributed by atoms with Gasteiger partial charge in [-0.1, -0.05) is 13.8 Å². The molecule has 0 amide bonds. The molecule has 2 heterocycles. The first-order valence-electron chi connectivity index (χ1n) is 10.7. The Morgan fingerprint density at radius 1 is 0.833 bits per heavy atom. The van der Waals surface area contributed by atoms with Gasteiger partial charge in [-0.25, -0.2) is 0 Å². The Labute approximate surface area is 185 Å². The number of rotatable bonds is 3. The molecule has 0 bridgehead atoms. The zero-order valence-electron chi connectivity index (χ0n) is 18.3. The van der Waals surface area contributed by atoms with Crippen LogP contribution in [-0.2, 0) is 0 Å². The average molecular weight is 470 g/mol. The molecule has 0 saturated heterocycles. The predicted molar refractivity (Wildman–Crippen MR) is 137 cm³/mol. The molecule has 3 aromatic carbocycles. The van der Waals surface area contributed by atoms with E-state index in [1.807, 2.05) is 17.5 Å². The zero-order chi connectivity index (χ0) is 21.0.